The Hall–Kier alpha value is -3.11. The van der Waals surface area contributed by atoms with Crippen LogP contribution in [0.4, 0.5) is 0 Å². The maximum absolute atomic E-state index is 12.7. The number of nitrogens with zero attached hydrogens (tertiary/aromatic N) is 3. The van der Waals surface area contributed by atoms with Gasteiger partial charge in [-0.15, -0.1) is 10.2 Å². The molecular weight excluding hydrogens is 470 g/mol. The minimum atomic E-state index is -3.10. The lowest BCUT2D eigenvalue weighted by Gasteiger charge is -2.23. The fraction of sp³-hybridized carbons (Fsp3) is 0.292. The number of rotatable bonds is 6. The highest BCUT2D eigenvalue weighted by molar-refractivity contribution is 7.99. The molecule has 1 amide bonds. The van der Waals surface area contributed by atoms with Crippen LogP contribution in [0, 0.1) is 6.92 Å². The number of carbonyl (C=O) groups is 1. The van der Waals surface area contributed by atoms with Gasteiger partial charge in [-0.3, -0.25) is 9.36 Å². The molecule has 0 saturated carbocycles. The standard InChI is InChI=1S/C24H25N5O3S2/c1-16-6-5-7-17(12-16)29-22(19-13-25-20-9-4-3-8-18(19)20)27-28-23(29)33-14-21(30)26-24(2)10-11-34(31,32)15-24/h3-9,12-13,25H,10-11,14-15H2,1-2H3,(H,26,30). The Balaban J connectivity index is 1.45. The van der Waals surface area contributed by atoms with Gasteiger partial charge < -0.3 is 10.3 Å². The molecule has 5 rings (SSSR count). The summed E-state index contributed by atoms with van der Waals surface area (Å²) in [6, 6.07) is 16.0. The number of H-pyrrole nitrogens is 1. The first-order valence-corrected chi connectivity index (χ1v) is 13.8. The van der Waals surface area contributed by atoms with Crippen molar-refractivity contribution < 1.29 is 13.2 Å². The number of aryl methyl sites for hydroxylation is 1. The van der Waals surface area contributed by atoms with Crippen LogP contribution in [0.15, 0.2) is 59.9 Å². The number of para-hydroxylation sites is 1. The Bertz CT molecular complexity index is 1490. The van der Waals surface area contributed by atoms with Gasteiger partial charge in [0.1, 0.15) is 0 Å². The summed E-state index contributed by atoms with van der Waals surface area (Å²) in [5.41, 5.74) is 3.20. The number of benzene rings is 2. The van der Waals surface area contributed by atoms with E-state index in [1.165, 1.54) is 11.8 Å². The first-order valence-electron chi connectivity index (χ1n) is 11.0. The van der Waals surface area contributed by atoms with Gasteiger partial charge in [-0.05, 0) is 44.0 Å². The van der Waals surface area contributed by atoms with Crippen LogP contribution in [0.3, 0.4) is 0 Å². The summed E-state index contributed by atoms with van der Waals surface area (Å²) >= 11 is 1.28. The van der Waals surface area contributed by atoms with Crippen molar-refractivity contribution in [1.29, 1.82) is 0 Å². The van der Waals surface area contributed by atoms with Crippen LogP contribution in [0.5, 0.6) is 0 Å². The van der Waals surface area contributed by atoms with Gasteiger partial charge in [0.25, 0.3) is 0 Å². The number of hydrogen-bond acceptors (Lipinski definition) is 6. The molecule has 10 heteroatoms. The Labute approximate surface area is 202 Å². The van der Waals surface area contributed by atoms with Gasteiger partial charge in [0.2, 0.25) is 5.91 Å². The predicted molar refractivity (Wildman–Crippen MR) is 134 cm³/mol. The third kappa shape index (κ3) is 4.47. The van der Waals surface area contributed by atoms with Crippen LogP contribution in [0.25, 0.3) is 28.0 Å². The highest BCUT2D eigenvalue weighted by Crippen LogP contribution is 2.32. The molecule has 1 unspecified atom stereocenters. The number of sulfone groups is 1. The van der Waals surface area contributed by atoms with Gasteiger partial charge in [0.05, 0.1) is 22.8 Å². The van der Waals surface area contributed by atoms with E-state index in [0.717, 1.165) is 27.7 Å². The molecule has 3 heterocycles. The number of thioether (sulfide) groups is 1. The van der Waals surface area contributed by atoms with Crippen LogP contribution < -0.4 is 5.32 Å². The van der Waals surface area contributed by atoms with E-state index < -0.39 is 15.4 Å². The first kappa shape index (κ1) is 22.7. The molecule has 0 radical (unpaired) electrons. The lowest BCUT2D eigenvalue weighted by Crippen LogP contribution is -2.47. The van der Waals surface area contributed by atoms with Crippen LogP contribution >= 0.6 is 11.8 Å². The summed E-state index contributed by atoms with van der Waals surface area (Å²) in [6.45, 7) is 3.81. The van der Waals surface area contributed by atoms with Gasteiger partial charge in [-0.25, -0.2) is 8.42 Å². The largest absolute Gasteiger partial charge is 0.360 e. The smallest absolute Gasteiger partial charge is 0.230 e. The third-order valence-electron chi connectivity index (χ3n) is 6.00. The normalized spacial score (nSPS) is 19.5. The topological polar surface area (TPSA) is 110 Å². The molecule has 34 heavy (non-hydrogen) atoms. The zero-order valence-corrected chi connectivity index (χ0v) is 20.5. The molecule has 1 saturated heterocycles. The van der Waals surface area contributed by atoms with Crippen molar-refractivity contribution >= 4 is 38.4 Å². The van der Waals surface area contributed by atoms with Gasteiger partial charge in [0.15, 0.2) is 20.8 Å². The Morgan fingerprint density at radius 3 is 2.79 bits per heavy atom. The van der Waals surface area contributed by atoms with E-state index in [4.69, 9.17) is 0 Å². The Morgan fingerprint density at radius 2 is 2.03 bits per heavy atom. The van der Waals surface area contributed by atoms with Crippen LogP contribution in [-0.4, -0.2) is 56.9 Å². The summed E-state index contributed by atoms with van der Waals surface area (Å²) in [4.78, 5) is 16.0. The molecule has 0 spiro atoms. The molecule has 0 bridgehead atoms. The van der Waals surface area contributed by atoms with E-state index in [1.807, 2.05) is 60.2 Å². The van der Waals surface area contributed by atoms with Crippen molar-refractivity contribution in [2.45, 2.75) is 31.0 Å². The predicted octanol–water partition coefficient (Wildman–Crippen LogP) is 3.51. The van der Waals surface area contributed by atoms with Gasteiger partial charge in [-0.1, -0.05) is 42.1 Å². The molecule has 176 valence electrons. The lowest BCUT2D eigenvalue weighted by molar-refractivity contribution is -0.120. The summed E-state index contributed by atoms with van der Waals surface area (Å²) in [5.74, 6) is 0.637. The first-order chi connectivity index (χ1) is 16.2. The van der Waals surface area contributed by atoms with Gasteiger partial charge >= 0.3 is 0 Å². The maximum Gasteiger partial charge on any atom is 0.230 e. The number of fused-ring (bicyclic) bond motifs is 1. The maximum atomic E-state index is 12.7. The molecule has 1 aliphatic rings. The lowest BCUT2D eigenvalue weighted by atomic mass is 10.0. The Kier molecular flexibility index (Phi) is 5.73. The highest BCUT2D eigenvalue weighted by atomic mass is 32.2. The third-order valence-corrected chi connectivity index (χ3v) is 8.83. The van der Waals surface area contributed by atoms with E-state index in [1.54, 1.807) is 6.92 Å². The fourth-order valence-electron chi connectivity index (χ4n) is 4.41. The molecule has 1 aliphatic heterocycles. The van der Waals surface area contributed by atoms with E-state index in [2.05, 4.69) is 26.6 Å². The Morgan fingerprint density at radius 1 is 1.21 bits per heavy atom. The average Bonchev–Trinajstić information content (AvgIpc) is 3.46. The van der Waals surface area contributed by atoms with Crippen LogP contribution in [0.2, 0.25) is 0 Å². The molecule has 2 N–H and O–H groups in total. The minimum absolute atomic E-state index is 0.0272. The summed E-state index contributed by atoms with van der Waals surface area (Å²) in [5, 5.41) is 13.4. The summed E-state index contributed by atoms with van der Waals surface area (Å²) in [7, 11) is -3.10. The van der Waals surface area contributed by atoms with Crippen LogP contribution in [-0.2, 0) is 14.6 Å². The number of carbonyl (C=O) groups excluding carboxylic acids is 1. The molecule has 1 fully saturated rings. The van der Waals surface area contributed by atoms with Crippen molar-refractivity contribution in [2.24, 2.45) is 0 Å². The second-order valence-electron chi connectivity index (χ2n) is 8.97. The zero-order chi connectivity index (χ0) is 23.9. The van der Waals surface area contributed by atoms with E-state index in [0.29, 0.717) is 17.4 Å². The van der Waals surface area contributed by atoms with Gasteiger partial charge in [0, 0.05) is 28.4 Å². The average molecular weight is 496 g/mol. The minimum Gasteiger partial charge on any atom is -0.360 e. The van der Waals surface area contributed by atoms with Crippen LogP contribution in [0.1, 0.15) is 18.9 Å². The number of hydrogen-bond donors (Lipinski definition) is 2. The fourth-order valence-corrected chi connectivity index (χ4v) is 7.25. The molecule has 1 atom stereocenters. The monoisotopic (exact) mass is 495 g/mol. The molecule has 4 aromatic rings. The molecule has 8 nitrogen and oxygen atoms in total. The van der Waals surface area contributed by atoms with E-state index in [-0.39, 0.29) is 23.2 Å². The second kappa shape index (κ2) is 8.59. The van der Waals surface area contributed by atoms with Crippen molar-refractivity contribution in [3.05, 3.63) is 60.3 Å². The van der Waals surface area contributed by atoms with Crippen molar-refractivity contribution in [1.82, 2.24) is 25.1 Å². The molecule has 0 aliphatic carbocycles. The second-order valence-corrected chi connectivity index (χ2v) is 12.1. The van der Waals surface area contributed by atoms with E-state index >= 15 is 0 Å². The molecular formula is C24H25N5O3S2. The van der Waals surface area contributed by atoms with Crippen molar-refractivity contribution in [3.8, 4) is 17.1 Å². The van der Waals surface area contributed by atoms with Gasteiger partial charge in [-0.2, -0.15) is 0 Å². The van der Waals surface area contributed by atoms with Crippen molar-refractivity contribution in [3.63, 3.8) is 0 Å². The SMILES string of the molecule is Cc1cccc(-n2c(SCC(=O)NC3(C)CCS(=O)(=O)C3)nnc2-c2c[nH]c3ccccc23)c1. The number of aromatic amines is 1. The quantitative estimate of drug-likeness (QED) is 0.396. The number of aromatic nitrogens is 4. The number of amides is 1. The summed E-state index contributed by atoms with van der Waals surface area (Å²) < 4.78 is 25.7. The summed E-state index contributed by atoms with van der Waals surface area (Å²) in [6.07, 6.45) is 2.35. The van der Waals surface area contributed by atoms with E-state index in [9.17, 15) is 13.2 Å². The number of nitrogens with one attached hydrogen (secondary N) is 2. The molecule has 2 aromatic carbocycles. The highest BCUT2D eigenvalue weighted by Gasteiger charge is 2.39. The molecule has 2 aromatic heterocycles. The zero-order valence-electron chi connectivity index (χ0n) is 18.9. The van der Waals surface area contributed by atoms with Crippen molar-refractivity contribution in [2.75, 3.05) is 17.3 Å².